The van der Waals surface area contributed by atoms with Crippen LogP contribution >= 0.6 is 0 Å². The van der Waals surface area contributed by atoms with Crippen molar-refractivity contribution < 1.29 is 28.4 Å². The number of hydrogen-bond acceptors (Lipinski definition) is 8. The zero-order valence-electron chi connectivity index (χ0n) is 10.0. The topological polar surface area (TPSA) is 145 Å². The van der Waals surface area contributed by atoms with Crippen molar-refractivity contribution in [3.05, 3.63) is 21.5 Å². The van der Waals surface area contributed by atoms with E-state index in [2.05, 4.69) is 24.7 Å². The summed E-state index contributed by atoms with van der Waals surface area (Å²) in [5.41, 5.74) is -0.401. The summed E-state index contributed by atoms with van der Waals surface area (Å²) < 4.78 is 13.8. The number of H-pyrrole nitrogens is 1. The number of nitrogens with one attached hydrogen (secondary N) is 1. The summed E-state index contributed by atoms with van der Waals surface area (Å²) in [4.78, 5) is 25.3. The molecule has 1 aliphatic heterocycles. The molecule has 0 saturated carbocycles. The number of carbonyl (C=O) groups is 1. The molecule has 1 saturated heterocycles. The van der Waals surface area contributed by atoms with Crippen LogP contribution in [0.3, 0.4) is 0 Å². The van der Waals surface area contributed by atoms with Crippen molar-refractivity contribution in [1.82, 2.24) is 20.4 Å². The molecule has 3 rings (SSSR count). The average molecular weight is 285 g/mol. The molecule has 20 heavy (non-hydrogen) atoms. The van der Waals surface area contributed by atoms with Gasteiger partial charge in [0.05, 0.1) is 18.4 Å². The average Bonchev–Trinajstić information content (AvgIpc) is 3.05. The summed E-state index contributed by atoms with van der Waals surface area (Å²) in [5.74, 6) is -1.73. The van der Waals surface area contributed by atoms with E-state index in [9.17, 15) is 14.8 Å². The van der Waals surface area contributed by atoms with Crippen molar-refractivity contribution >= 4 is 5.91 Å². The van der Waals surface area contributed by atoms with E-state index in [1.54, 1.807) is 0 Å². The van der Waals surface area contributed by atoms with Crippen LogP contribution in [0.4, 0.5) is 0 Å². The molecule has 106 valence electrons. The maximum absolute atomic E-state index is 12.3. The number of nitrogens with zero attached hydrogens (tertiary/aromatic N) is 5. The lowest BCUT2D eigenvalue weighted by Crippen LogP contribution is -2.48. The summed E-state index contributed by atoms with van der Waals surface area (Å²) in [7, 11) is 0. The van der Waals surface area contributed by atoms with Crippen LogP contribution in [0.15, 0.2) is 13.9 Å². The highest BCUT2D eigenvalue weighted by Gasteiger charge is 2.37. The SMILES string of the molecule is O=C(c1c(-[n+]2noc(=O)[nH]2)no[n+]1[O-])N1CCOCC1. The highest BCUT2D eigenvalue weighted by Crippen LogP contribution is 2.06. The molecule has 1 N–H and O–H groups in total. The summed E-state index contributed by atoms with van der Waals surface area (Å²) >= 11 is 0. The van der Waals surface area contributed by atoms with Crippen molar-refractivity contribution in [3.8, 4) is 5.82 Å². The fraction of sp³-hybridized carbons (Fsp3) is 0.500. The molecule has 2 aromatic rings. The molecule has 0 aliphatic carbocycles. The Balaban J connectivity index is 1.98. The third kappa shape index (κ3) is 2.01. The van der Waals surface area contributed by atoms with Gasteiger partial charge in [0.2, 0.25) is 0 Å². The zero-order chi connectivity index (χ0) is 14.1. The van der Waals surface area contributed by atoms with Gasteiger partial charge in [0.15, 0.2) is 0 Å². The second-order valence-corrected chi connectivity index (χ2v) is 3.89. The largest absolute Gasteiger partial charge is 0.473 e. The van der Waals surface area contributed by atoms with Crippen LogP contribution in [0, 0.1) is 5.21 Å². The Morgan fingerprint density at radius 3 is 2.80 bits per heavy atom. The number of aromatic nitrogens is 5. The fourth-order valence-electron chi connectivity index (χ4n) is 1.77. The molecule has 0 bridgehead atoms. The highest BCUT2D eigenvalue weighted by atomic mass is 16.8. The predicted octanol–water partition coefficient (Wildman–Crippen LogP) is -3.27. The first-order valence-corrected chi connectivity index (χ1v) is 5.62. The molecule has 0 spiro atoms. The molecule has 2 aromatic heterocycles. The third-order valence-electron chi connectivity index (χ3n) is 2.70. The van der Waals surface area contributed by atoms with E-state index in [1.165, 1.54) is 4.90 Å². The molecule has 0 aromatic carbocycles. The van der Waals surface area contributed by atoms with Crippen LogP contribution in [0.2, 0.25) is 0 Å². The summed E-state index contributed by atoms with van der Waals surface area (Å²) in [6.07, 6.45) is 0. The van der Waals surface area contributed by atoms with E-state index < -0.39 is 17.4 Å². The van der Waals surface area contributed by atoms with Gasteiger partial charge in [-0.25, -0.2) is 4.79 Å². The first-order valence-electron chi connectivity index (χ1n) is 5.62. The summed E-state index contributed by atoms with van der Waals surface area (Å²) in [6, 6.07) is 0. The van der Waals surface area contributed by atoms with E-state index >= 15 is 0 Å². The van der Waals surface area contributed by atoms with Gasteiger partial charge in [-0.2, -0.15) is 0 Å². The molecule has 1 fully saturated rings. The Kier molecular flexibility index (Phi) is 2.90. The Labute approximate surface area is 109 Å². The Hall–Kier alpha value is -2.76. The third-order valence-corrected chi connectivity index (χ3v) is 2.70. The van der Waals surface area contributed by atoms with Crippen LogP contribution in [0.25, 0.3) is 5.82 Å². The van der Waals surface area contributed by atoms with Crippen LogP contribution in [0.1, 0.15) is 10.5 Å². The van der Waals surface area contributed by atoms with Crippen LogP contribution in [0.5, 0.6) is 0 Å². The second kappa shape index (κ2) is 4.73. The number of ether oxygens (including phenoxy) is 1. The normalized spacial score (nSPS) is 15.5. The molecule has 3 heterocycles. The van der Waals surface area contributed by atoms with Crippen molar-refractivity contribution in [2.24, 2.45) is 0 Å². The minimum Gasteiger partial charge on any atom is -0.378 e. The molecule has 12 heteroatoms. The minimum absolute atomic E-state index is 0.0485. The van der Waals surface area contributed by atoms with Gasteiger partial charge >= 0.3 is 23.2 Å². The van der Waals surface area contributed by atoms with Gasteiger partial charge in [-0.15, -0.1) is 5.10 Å². The van der Waals surface area contributed by atoms with Crippen LogP contribution in [-0.4, -0.2) is 52.6 Å². The van der Waals surface area contributed by atoms with Crippen molar-refractivity contribution in [2.45, 2.75) is 0 Å². The Morgan fingerprint density at radius 1 is 1.40 bits per heavy atom. The number of rotatable bonds is 2. The first kappa shape index (κ1) is 12.3. The molecule has 1 aliphatic rings. The zero-order valence-corrected chi connectivity index (χ0v) is 10.0. The van der Waals surface area contributed by atoms with E-state index in [-0.39, 0.29) is 10.7 Å². The van der Waals surface area contributed by atoms with Gasteiger partial charge in [-0.05, 0) is 4.90 Å². The Bertz CT molecular complexity index is 682. The van der Waals surface area contributed by atoms with E-state index in [1.807, 2.05) is 0 Å². The van der Waals surface area contributed by atoms with E-state index in [4.69, 9.17) is 4.74 Å². The lowest BCUT2D eigenvalue weighted by atomic mass is 10.3. The van der Waals surface area contributed by atoms with Gasteiger partial charge in [-0.3, -0.25) is 13.9 Å². The van der Waals surface area contributed by atoms with E-state index in [0.717, 1.165) is 4.80 Å². The minimum atomic E-state index is -0.866. The van der Waals surface area contributed by atoms with Crippen molar-refractivity contribution in [3.63, 3.8) is 0 Å². The molecule has 1 amide bonds. The fourth-order valence-corrected chi connectivity index (χ4v) is 1.77. The van der Waals surface area contributed by atoms with Gasteiger partial charge in [0.1, 0.15) is 5.27 Å². The number of aromatic amines is 1. The monoisotopic (exact) mass is 285 g/mol. The summed E-state index contributed by atoms with van der Waals surface area (Å²) in [6.45, 7) is 1.42. The van der Waals surface area contributed by atoms with Crippen molar-refractivity contribution in [2.75, 3.05) is 26.3 Å². The molecular weight excluding hydrogens is 276 g/mol. The van der Waals surface area contributed by atoms with Crippen LogP contribution < -0.4 is 15.5 Å². The number of morpholine rings is 1. The maximum Gasteiger partial charge on any atom is 0.473 e. The smallest absolute Gasteiger partial charge is 0.378 e. The maximum atomic E-state index is 12.3. The quantitative estimate of drug-likeness (QED) is 0.447. The summed E-state index contributed by atoms with van der Waals surface area (Å²) in [5, 5.41) is 20.3. The van der Waals surface area contributed by atoms with Gasteiger partial charge in [-0.1, -0.05) is 0 Å². The van der Waals surface area contributed by atoms with Crippen molar-refractivity contribution in [1.29, 1.82) is 0 Å². The molecule has 0 atom stereocenters. The molecule has 0 radical (unpaired) electrons. The Morgan fingerprint density at radius 2 is 2.15 bits per heavy atom. The number of amides is 1. The van der Waals surface area contributed by atoms with E-state index in [0.29, 0.717) is 26.3 Å². The molecule has 12 nitrogen and oxygen atoms in total. The molecular formula is C8H9N6O6+. The lowest BCUT2D eigenvalue weighted by molar-refractivity contribution is -0.805. The molecule has 0 unspecified atom stereocenters. The first-order chi connectivity index (χ1) is 9.66. The standard InChI is InChI=1S/C8H8N6O6/c15-7(12-1-3-18-4-2-12)5-6(10-20-14(5)17)13-9-8(16)19-11-13/h1-4H2/p+1. The van der Waals surface area contributed by atoms with Gasteiger partial charge < -0.3 is 14.8 Å². The van der Waals surface area contributed by atoms with Gasteiger partial charge in [0, 0.05) is 17.9 Å². The second-order valence-electron chi connectivity index (χ2n) is 3.89. The predicted molar refractivity (Wildman–Crippen MR) is 54.4 cm³/mol. The highest BCUT2D eigenvalue weighted by molar-refractivity contribution is 5.93. The number of hydrogen-bond donors (Lipinski definition) is 1. The van der Waals surface area contributed by atoms with Crippen LogP contribution in [-0.2, 0) is 4.74 Å². The lowest BCUT2D eigenvalue weighted by Gasteiger charge is -2.25. The van der Waals surface area contributed by atoms with Gasteiger partial charge in [0.25, 0.3) is 0 Å². The number of carbonyl (C=O) groups excluding carboxylic acids is 1.